The standard InChI is InChI=1S/C15H20N2O2/c1-5-12-13(18)16-15(3,4)14(19)17(12)11-8-6-7-10(2)9-11/h6-9,12H,5H2,1-4H3,(H,16,18). The third-order valence-corrected chi connectivity index (χ3v) is 3.47. The molecule has 0 bridgehead atoms. The van der Waals surface area contributed by atoms with Gasteiger partial charge in [-0.25, -0.2) is 0 Å². The molecule has 1 heterocycles. The molecular weight excluding hydrogens is 240 g/mol. The number of piperazine rings is 1. The third kappa shape index (κ3) is 2.35. The molecule has 2 amide bonds. The van der Waals surface area contributed by atoms with E-state index < -0.39 is 11.6 Å². The molecule has 0 radical (unpaired) electrons. The van der Waals surface area contributed by atoms with E-state index in [4.69, 9.17) is 0 Å². The summed E-state index contributed by atoms with van der Waals surface area (Å²) in [7, 11) is 0. The van der Waals surface area contributed by atoms with E-state index in [0.29, 0.717) is 6.42 Å². The van der Waals surface area contributed by atoms with Crippen molar-refractivity contribution in [3.8, 4) is 0 Å². The molecule has 1 fully saturated rings. The minimum absolute atomic E-state index is 0.0652. The monoisotopic (exact) mass is 260 g/mol. The van der Waals surface area contributed by atoms with Crippen molar-refractivity contribution in [1.29, 1.82) is 0 Å². The summed E-state index contributed by atoms with van der Waals surface area (Å²) in [4.78, 5) is 26.4. The first-order valence-corrected chi connectivity index (χ1v) is 6.59. The topological polar surface area (TPSA) is 49.4 Å². The van der Waals surface area contributed by atoms with Crippen LogP contribution in [0.5, 0.6) is 0 Å². The van der Waals surface area contributed by atoms with Gasteiger partial charge in [0, 0.05) is 5.69 Å². The molecule has 0 aliphatic carbocycles. The van der Waals surface area contributed by atoms with Gasteiger partial charge in [0.05, 0.1) is 0 Å². The number of carbonyl (C=O) groups excluding carboxylic acids is 2. The lowest BCUT2D eigenvalue weighted by atomic mass is 9.95. The highest BCUT2D eigenvalue weighted by atomic mass is 16.2. The molecule has 19 heavy (non-hydrogen) atoms. The molecule has 0 aromatic heterocycles. The van der Waals surface area contributed by atoms with Crippen molar-refractivity contribution >= 4 is 17.5 Å². The number of rotatable bonds is 2. The maximum Gasteiger partial charge on any atom is 0.252 e. The maximum absolute atomic E-state index is 12.6. The van der Waals surface area contributed by atoms with Crippen LogP contribution in [0, 0.1) is 6.92 Å². The summed E-state index contributed by atoms with van der Waals surface area (Å²) in [6.07, 6.45) is 0.599. The van der Waals surface area contributed by atoms with Crippen molar-refractivity contribution in [3.05, 3.63) is 29.8 Å². The van der Waals surface area contributed by atoms with Gasteiger partial charge in [-0.2, -0.15) is 0 Å². The van der Waals surface area contributed by atoms with Gasteiger partial charge in [-0.3, -0.25) is 14.5 Å². The number of carbonyl (C=O) groups is 2. The van der Waals surface area contributed by atoms with Crippen molar-refractivity contribution in [2.45, 2.75) is 45.7 Å². The van der Waals surface area contributed by atoms with E-state index >= 15 is 0 Å². The van der Waals surface area contributed by atoms with Gasteiger partial charge in [0.2, 0.25) is 5.91 Å². The van der Waals surface area contributed by atoms with Gasteiger partial charge in [-0.1, -0.05) is 19.1 Å². The van der Waals surface area contributed by atoms with Crippen LogP contribution in [0.4, 0.5) is 5.69 Å². The molecule has 0 spiro atoms. The second-order valence-corrected chi connectivity index (χ2v) is 5.55. The number of benzene rings is 1. The van der Waals surface area contributed by atoms with E-state index in [1.165, 1.54) is 0 Å². The van der Waals surface area contributed by atoms with E-state index in [0.717, 1.165) is 11.3 Å². The van der Waals surface area contributed by atoms with Crippen LogP contribution in [-0.2, 0) is 9.59 Å². The predicted molar refractivity (Wildman–Crippen MR) is 75.0 cm³/mol. The normalized spacial score (nSPS) is 22.3. The summed E-state index contributed by atoms with van der Waals surface area (Å²) >= 11 is 0. The predicted octanol–water partition coefficient (Wildman–Crippen LogP) is 2.02. The Labute approximate surface area is 113 Å². The van der Waals surface area contributed by atoms with Gasteiger partial charge in [-0.15, -0.1) is 0 Å². The number of aryl methyl sites for hydroxylation is 1. The molecule has 102 valence electrons. The van der Waals surface area contributed by atoms with Crippen molar-refractivity contribution in [2.24, 2.45) is 0 Å². The molecule has 1 aliphatic heterocycles. The molecular formula is C15H20N2O2. The number of amides is 2. The number of hydrogen-bond acceptors (Lipinski definition) is 2. The highest BCUT2D eigenvalue weighted by Gasteiger charge is 2.45. The SMILES string of the molecule is CCC1C(=O)NC(C)(C)C(=O)N1c1cccc(C)c1. The first-order chi connectivity index (χ1) is 8.86. The Hall–Kier alpha value is -1.84. The fourth-order valence-corrected chi connectivity index (χ4v) is 2.45. The molecule has 2 rings (SSSR count). The van der Waals surface area contributed by atoms with E-state index in [-0.39, 0.29) is 11.8 Å². The fraction of sp³-hybridized carbons (Fsp3) is 0.467. The second-order valence-electron chi connectivity index (χ2n) is 5.55. The zero-order valence-electron chi connectivity index (χ0n) is 11.9. The summed E-state index contributed by atoms with van der Waals surface area (Å²) in [5, 5.41) is 2.79. The molecule has 4 nitrogen and oxygen atoms in total. The molecule has 1 atom stereocenters. The molecule has 0 saturated carbocycles. The first kappa shape index (κ1) is 13.6. The quantitative estimate of drug-likeness (QED) is 0.884. The first-order valence-electron chi connectivity index (χ1n) is 6.59. The Kier molecular flexibility index (Phi) is 3.35. The second kappa shape index (κ2) is 4.68. The maximum atomic E-state index is 12.6. The number of hydrogen-bond donors (Lipinski definition) is 1. The van der Waals surface area contributed by atoms with Crippen molar-refractivity contribution < 1.29 is 9.59 Å². The van der Waals surface area contributed by atoms with Gasteiger partial charge in [0.1, 0.15) is 11.6 Å². The highest BCUT2D eigenvalue weighted by molar-refractivity contribution is 6.10. The van der Waals surface area contributed by atoms with Crippen molar-refractivity contribution in [2.75, 3.05) is 4.90 Å². The molecule has 1 unspecified atom stereocenters. The number of nitrogens with one attached hydrogen (secondary N) is 1. The summed E-state index contributed by atoms with van der Waals surface area (Å²) in [5.41, 5.74) is 1.01. The molecule has 4 heteroatoms. The number of anilines is 1. The summed E-state index contributed by atoms with van der Waals surface area (Å²) in [5.74, 6) is -0.154. The summed E-state index contributed by atoms with van der Waals surface area (Å²) in [6, 6.07) is 7.27. The number of nitrogens with zero attached hydrogens (tertiary/aromatic N) is 1. The average Bonchev–Trinajstić information content (AvgIpc) is 2.32. The Morgan fingerprint density at radius 2 is 2.00 bits per heavy atom. The van der Waals surface area contributed by atoms with E-state index in [9.17, 15) is 9.59 Å². The van der Waals surface area contributed by atoms with Gasteiger partial charge in [0.25, 0.3) is 5.91 Å². The Balaban J connectivity index is 2.49. The van der Waals surface area contributed by atoms with E-state index in [2.05, 4.69) is 5.32 Å². The van der Waals surface area contributed by atoms with Crippen LogP contribution < -0.4 is 10.2 Å². The van der Waals surface area contributed by atoms with Crippen LogP contribution in [-0.4, -0.2) is 23.4 Å². The van der Waals surface area contributed by atoms with Crippen LogP contribution in [0.25, 0.3) is 0 Å². The lowest BCUT2D eigenvalue weighted by Gasteiger charge is -2.42. The van der Waals surface area contributed by atoms with Gasteiger partial charge >= 0.3 is 0 Å². The lowest BCUT2D eigenvalue weighted by molar-refractivity contribution is -0.137. The van der Waals surface area contributed by atoms with Gasteiger partial charge < -0.3 is 5.32 Å². The van der Waals surface area contributed by atoms with Crippen LogP contribution in [0.3, 0.4) is 0 Å². The molecule has 1 aliphatic rings. The summed E-state index contributed by atoms with van der Waals surface area (Å²) < 4.78 is 0. The minimum Gasteiger partial charge on any atom is -0.340 e. The Bertz CT molecular complexity index is 523. The third-order valence-electron chi connectivity index (χ3n) is 3.47. The fourth-order valence-electron chi connectivity index (χ4n) is 2.45. The van der Waals surface area contributed by atoms with Crippen molar-refractivity contribution in [1.82, 2.24) is 5.32 Å². The zero-order chi connectivity index (χ0) is 14.2. The van der Waals surface area contributed by atoms with Crippen molar-refractivity contribution in [3.63, 3.8) is 0 Å². The molecule has 1 N–H and O–H groups in total. The van der Waals surface area contributed by atoms with Crippen LogP contribution >= 0.6 is 0 Å². The van der Waals surface area contributed by atoms with Crippen LogP contribution in [0.2, 0.25) is 0 Å². The molecule has 1 saturated heterocycles. The minimum atomic E-state index is -0.855. The van der Waals surface area contributed by atoms with Gasteiger partial charge in [0.15, 0.2) is 0 Å². The van der Waals surface area contributed by atoms with E-state index in [1.807, 2.05) is 38.1 Å². The molecule has 1 aromatic carbocycles. The highest BCUT2D eigenvalue weighted by Crippen LogP contribution is 2.27. The summed E-state index contributed by atoms with van der Waals surface area (Å²) in [6.45, 7) is 7.37. The zero-order valence-corrected chi connectivity index (χ0v) is 11.9. The molecule has 1 aromatic rings. The average molecular weight is 260 g/mol. The van der Waals surface area contributed by atoms with Gasteiger partial charge in [-0.05, 0) is 44.9 Å². The Morgan fingerprint density at radius 1 is 1.32 bits per heavy atom. The lowest BCUT2D eigenvalue weighted by Crippen LogP contribution is -2.68. The van der Waals surface area contributed by atoms with E-state index in [1.54, 1.807) is 18.7 Å². The van der Waals surface area contributed by atoms with Crippen LogP contribution in [0.15, 0.2) is 24.3 Å². The Morgan fingerprint density at radius 3 is 2.58 bits per heavy atom. The largest absolute Gasteiger partial charge is 0.340 e. The smallest absolute Gasteiger partial charge is 0.252 e. The van der Waals surface area contributed by atoms with Crippen LogP contribution in [0.1, 0.15) is 32.8 Å².